The molecule has 1 amide bonds. The lowest BCUT2D eigenvalue weighted by atomic mass is 10.2. The van der Waals surface area contributed by atoms with E-state index in [0.29, 0.717) is 34.4 Å². The van der Waals surface area contributed by atoms with Gasteiger partial charge in [0.15, 0.2) is 0 Å². The number of benzene rings is 1. The number of imidazole rings is 1. The summed E-state index contributed by atoms with van der Waals surface area (Å²) in [6.45, 7) is 2.33. The van der Waals surface area contributed by atoms with Crippen molar-refractivity contribution in [3.8, 4) is 0 Å². The molecule has 1 N–H and O–H groups in total. The van der Waals surface area contributed by atoms with Gasteiger partial charge in [-0.05, 0) is 24.1 Å². The van der Waals surface area contributed by atoms with Crippen LogP contribution in [0.1, 0.15) is 28.7 Å². The monoisotopic (exact) mass is 347 g/mol. The van der Waals surface area contributed by atoms with Crippen molar-refractivity contribution in [3.63, 3.8) is 0 Å². The van der Waals surface area contributed by atoms with Crippen molar-refractivity contribution in [2.45, 2.75) is 19.9 Å². The van der Waals surface area contributed by atoms with Crippen molar-refractivity contribution in [2.75, 3.05) is 0 Å². The maximum atomic E-state index is 12.6. The van der Waals surface area contributed by atoms with Gasteiger partial charge in [0.1, 0.15) is 11.3 Å². The Balaban J connectivity index is 1.90. The van der Waals surface area contributed by atoms with Gasteiger partial charge in [0.05, 0.1) is 5.69 Å². The van der Waals surface area contributed by atoms with Gasteiger partial charge in [-0.1, -0.05) is 48.3 Å². The summed E-state index contributed by atoms with van der Waals surface area (Å²) in [5.74, 6) is -0.184. The number of fused-ring (bicyclic) bond motifs is 1. The molecule has 0 aliphatic heterocycles. The van der Waals surface area contributed by atoms with Crippen LogP contribution in [0.4, 0.5) is 0 Å². The van der Waals surface area contributed by atoms with Crippen molar-refractivity contribution in [2.24, 2.45) is 0 Å². The Bertz CT molecular complexity index is 873. The number of amides is 1. The lowest BCUT2D eigenvalue weighted by Crippen LogP contribution is -2.25. The van der Waals surface area contributed by atoms with E-state index in [1.54, 1.807) is 28.8 Å². The first-order valence-electron chi connectivity index (χ1n) is 7.28. The quantitative estimate of drug-likeness (QED) is 0.771. The number of aromatic nitrogens is 2. The first-order valence-corrected chi connectivity index (χ1v) is 8.04. The predicted molar refractivity (Wildman–Crippen MR) is 92.2 cm³/mol. The van der Waals surface area contributed by atoms with Gasteiger partial charge in [0.25, 0.3) is 5.91 Å². The highest BCUT2D eigenvalue weighted by Crippen LogP contribution is 2.18. The average Bonchev–Trinajstić information content (AvgIpc) is 2.91. The molecule has 0 unspecified atom stereocenters. The topological polar surface area (TPSA) is 46.4 Å². The standard InChI is InChI=1S/C17H15Cl2N3O/c1-2-14-16(22-8-7-12(18)9-15(22)21-14)17(23)20-10-11-5-3-4-6-13(11)19/h3-9H,2,10H2,1H3,(H,20,23). The molecule has 0 saturated heterocycles. The Morgan fingerprint density at radius 3 is 2.78 bits per heavy atom. The lowest BCUT2D eigenvalue weighted by Gasteiger charge is -2.08. The molecule has 0 saturated carbocycles. The van der Waals surface area contributed by atoms with Crippen LogP contribution in [-0.4, -0.2) is 15.3 Å². The van der Waals surface area contributed by atoms with E-state index < -0.39 is 0 Å². The first kappa shape index (κ1) is 15.8. The third-order valence-corrected chi connectivity index (χ3v) is 4.21. The fourth-order valence-corrected chi connectivity index (χ4v) is 2.81. The second-order valence-electron chi connectivity index (χ2n) is 5.11. The zero-order valence-electron chi connectivity index (χ0n) is 12.5. The molecule has 0 aliphatic rings. The van der Waals surface area contributed by atoms with E-state index in [-0.39, 0.29) is 5.91 Å². The lowest BCUT2D eigenvalue weighted by molar-refractivity contribution is 0.0944. The summed E-state index contributed by atoms with van der Waals surface area (Å²) < 4.78 is 1.76. The SMILES string of the molecule is CCc1nc2cc(Cl)ccn2c1C(=O)NCc1ccccc1Cl. The molecule has 0 spiro atoms. The normalized spacial score (nSPS) is 10.9. The van der Waals surface area contributed by atoms with Crippen LogP contribution >= 0.6 is 23.2 Å². The largest absolute Gasteiger partial charge is 0.347 e. The van der Waals surface area contributed by atoms with Crippen molar-refractivity contribution >= 4 is 34.8 Å². The van der Waals surface area contributed by atoms with E-state index in [0.717, 1.165) is 11.3 Å². The van der Waals surface area contributed by atoms with Crippen molar-refractivity contribution in [3.05, 3.63) is 69.6 Å². The van der Waals surface area contributed by atoms with E-state index in [2.05, 4.69) is 10.3 Å². The van der Waals surface area contributed by atoms with Crippen LogP contribution in [0.25, 0.3) is 5.65 Å². The molecule has 0 aliphatic carbocycles. The van der Waals surface area contributed by atoms with Crippen molar-refractivity contribution in [1.29, 1.82) is 0 Å². The summed E-state index contributed by atoms with van der Waals surface area (Å²) in [6, 6.07) is 10.9. The zero-order valence-corrected chi connectivity index (χ0v) is 14.0. The Hall–Kier alpha value is -2.04. The van der Waals surface area contributed by atoms with Crippen LogP contribution in [0, 0.1) is 0 Å². The van der Waals surface area contributed by atoms with Crippen molar-refractivity contribution < 1.29 is 4.79 Å². The van der Waals surface area contributed by atoms with Crippen LogP contribution in [0.2, 0.25) is 10.0 Å². The smallest absolute Gasteiger partial charge is 0.270 e. The van der Waals surface area contributed by atoms with Crippen LogP contribution in [0.5, 0.6) is 0 Å². The summed E-state index contributed by atoms with van der Waals surface area (Å²) >= 11 is 12.1. The molecule has 0 radical (unpaired) electrons. The molecule has 2 aromatic heterocycles. The van der Waals surface area contributed by atoms with Gasteiger partial charge >= 0.3 is 0 Å². The molecular weight excluding hydrogens is 333 g/mol. The molecule has 0 atom stereocenters. The third kappa shape index (κ3) is 3.19. The highest BCUT2D eigenvalue weighted by atomic mass is 35.5. The summed E-state index contributed by atoms with van der Waals surface area (Å²) in [6.07, 6.45) is 2.42. The van der Waals surface area contributed by atoms with Crippen LogP contribution in [-0.2, 0) is 13.0 Å². The van der Waals surface area contributed by atoms with Gasteiger partial charge in [0, 0.05) is 28.9 Å². The number of carbonyl (C=O) groups is 1. The first-order chi connectivity index (χ1) is 11.1. The van der Waals surface area contributed by atoms with Gasteiger partial charge in [-0.15, -0.1) is 0 Å². The highest BCUT2D eigenvalue weighted by Gasteiger charge is 2.18. The fourth-order valence-electron chi connectivity index (χ4n) is 2.46. The number of hydrogen-bond donors (Lipinski definition) is 1. The number of aryl methyl sites for hydroxylation is 1. The Morgan fingerprint density at radius 1 is 1.26 bits per heavy atom. The number of rotatable bonds is 4. The zero-order chi connectivity index (χ0) is 16.4. The summed E-state index contributed by atoms with van der Waals surface area (Å²) in [4.78, 5) is 17.1. The predicted octanol–water partition coefficient (Wildman–Crippen LogP) is 4.13. The molecule has 23 heavy (non-hydrogen) atoms. The van der Waals surface area contributed by atoms with E-state index >= 15 is 0 Å². The molecule has 118 valence electrons. The highest BCUT2D eigenvalue weighted by molar-refractivity contribution is 6.31. The molecule has 6 heteroatoms. The second kappa shape index (κ2) is 6.60. The van der Waals surface area contributed by atoms with E-state index in [4.69, 9.17) is 23.2 Å². The maximum Gasteiger partial charge on any atom is 0.270 e. The molecule has 4 nitrogen and oxygen atoms in total. The Morgan fingerprint density at radius 2 is 2.04 bits per heavy atom. The molecule has 3 aromatic rings. The number of pyridine rings is 1. The van der Waals surface area contributed by atoms with Gasteiger partial charge in [0.2, 0.25) is 0 Å². The van der Waals surface area contributed by atoms with E-state index in [9.17, 15) is 4.79 Å². The van der Waals surface area contributed by atoms with E-state index in [1.165, 1.54) is 0 Å². The number of halogens is 2. The molecular formula is C17H15Cl2N3O. The summed E-state index contributed by atoms with van der Waals surface area (Å²) in [7, 11) is 0. The van der Waals surface area contributed by atoms with Gasteiger partial charge < -0.3 is 5.32 Å². The summed E-state index contributed by atoms with van der Waals surface area (Å²) in [5, 5.41) is 4.13. The molecule has 2 heterocycles. The minimum Gasteiger partial charge on any atom is -0.347 e. The van der Waals surface area contributed by atoms with E-state index in [1.807, 2.05) is 25.1 Å². The number of nitrogens with zero attached hydrogens (tertiary/aromatic N) is 2. The molecule has 0 bridgehead atoms. The average molecular weight is 348 g/mol. The van der Waals surface area contributed by atoms with Crippen molar-refractivity contribution in [1.82, 2.24) is 14.7 Å². The van der Waals surface area contributed by atoms with Crippen LogP contribution < -0.4 is 5.32 Å². The molecule has 1 aromatic carbocycles. The number of nitrogens with one attached hydrogen (secondary N) is 1. The molecule has 3 rings (SSSR count). The Kier molecular flexibility index (Phi) is 4.55. The number of carbonyl (C=O) groups excluding carboxylic acids is 1. The fraction of sp³-hybridized carbons (Fsp3) is 0.176. The third-order valence-electron chi connectivity index (χ3n) is 3.61. The van der Waals surface area contributed by atoms with Crippen LogP contribution in [0.3, 0.4) is 0 Å². The number of hydrogen-bond acceptors (Lipinski definition) is 2. The van der Waals surface area contributed by atoms with Gasteiger partial charge in [-0.25, -0.2) is 4.98 Å². The maximum absolute atomic E-state index is 12.6. The minimum absolute atomic E-state index is 0.184. The van der Waals surface area contributed by atoms with Gasteiger partial charge in [-0.2, -0.15) is 0 Å². The summed E-state index contributed by atoms with van der Waals surface area (Å²) in [5.41, 5.74) is 2.81. The Labute approximate surface area is 144 Å². The second-order valence-corrected chi connectivity index (χ2v) is 5.95. The van der Waals surface area contributed by atoms with Crippen LogP contribution in [0.15, 0.2) is 42.6 Å². The molecule has 0 fully saturated rings. The van der Waals surface area contributed by atoms with Gasteiger partial charge in [-0.3, -0.25) is 9.20 Å². The minimum atomic E-state index is -0.184.